The molecule has 2 atom stereocenters. The quantitative estimate of drug-likeness (QED) is 0.369. The first-order chi connectivity index (χ1) is 16.4. The number of amides is 1. The van der Waals surface area contributed by atoms with Crippen LogP contribution >= 0.6 is 0 Å². The zero-order valence-electron chi connectivity index (χ0n) is 19.4. The number of hydrogen-bond acceptors (Lipinski definition) is 2. The first-order valence-electron chi connectivity index (χ1n) is 11.7. The second kappa shape index (κ2) is 9.94. The molecule has 6 heteroatoms. The van der Waals surface area contributed by atoms with Crippen LogP contribution in [0.15, 0.2) is 78.9 Å². The van der Waals surface area contributed by atoms with Gasteiger partial charge in [-0.25, -0.2) is 8.78 Å². The van der Waals surface area contributed by atoms with Gasteiger partial charge in [0.15, 0.2) is 17.4 Å². The number of para-hydroxylation sites is 1. The van der Waals surface area contributed by atoms with Crippen LogP contribution in [0.3, 0.4) is 0 Å². The average Bonchev–Trinajstić information content (AvgIpc) is 3.22. The molecule has 0 aromatic heterocycles. The maximum atomic E-state index is 13.8. The molecule has 178 valence electrons. The molecule has 1 saturated heterocycles. The Bertz CT molecular complexity index is 1060. The summed E-state index contributed by atoms with van der Waals surface area (Å²) in [5, 5.41) is 0. The normalized spacial score (nSPS) is 20.3. The van der Waals surface area contributed by atoms with Crippen LogP contribution in [-0.2, 0) is 10.2 Å². The minimum absolute atomic E-state index is 0.0183. The fraction of sp³-hybridized carbons (Fsp3) is 0.321. The van der Waals surface area contributed by atoms with E-state index in [1.807, 2.05) is 60.7 Å². The summed E-state index contributed by atoms with van der Waals surface area (Å²) in [6.07, 6.45) is 1.48. The van der Waals surface area contributed by atoms with Crippen LogP contribution in [0.2, 0.25) is 0 Å². The van der Waals surface area contributed by atoms with Crippen molar-refractivity contribution in [2.45, 2.75) is 18.3 Å². The molecule has 1 fully saturated rings. The highest BCUT2D eigenvalue weighted by Crippen LogP contribution is 2.45. The Labute approximate surface area is 199 Å². The molecule has 0 bridgehead atoms. The number of carbonyl (C=O) groups excluding carboxylic acids is 1. The van der Waals surface area contributed by atoms with E-state index in [0.29, 0.717) is 6.42 Å². The molecule has 1 heterocycles. The fourth-order valence-electron chi connectivity index (χ4n) is 5.51. The number of benzene rings is 3. The van der Waals surface area contributed by atoms with E-state index in [9.17, 15) is 13.6 Å². The molecule has 0 spiro atoms. The number of hydrogen-bond donors (Lipinski definition) is 1. The van der Waals surface area contributed by atoms with Crippen molar-refractivity contribution in [3.63, 3.8) is 0 Å². The molecule has 3 aromatic carbocycles. The standard InChI is InChI=1S/C28H30F2N2O2/c1-32(17-9-19-34-26-24(29)14-8-15-25(26)30)18-16-23(20-32)28(27(31)33,21-10-4-2-5-11-21)22-12-6-3-7-13-22/h2-8,10-15,23H,9,16-20H2,1H3,(H-,31,33)/p+1. The van der Waals surface area contributed by atoms with Gasteiger partial charge < -0.3 is 15.0 Å². The van der Waals surface area contributed by atoms with Gasteiger partial charge in [0.25, 0.3) is 0 Å². The third kappa shape index (κ3) is 4.55. The summed E-state index contributed by atoms with van der Waals surface area (Å²) in [6, 6.07) is 23.3. The number of likely N-dealkylation sites (tertiary alicyclic amines) is 1. The Hall–Kier alpha value is -3.25. The van der Waals surface area contributed by atoms with Crippen molar-refractivity contribution in [2.24, 2.45) is 11.7 Å². The number of carbonyl (C=O) groups is 1. The fourth-order valence-corrected chi connectivity index (χ4v) is 5.51. The molecule has 2 N–H and O–H groups in total. The number of halogens is 2. The van der Waals surface area contributed by atoms with E-state index < -0.39 is 17.0 Å². The van der Waals surface area contributed by atoms with Crippen LogP contribution in [0.1, 0.15) is 24.0 Å². The summed E-state index contributed by atoms with van der Waals surface area (Å²) < 4.78 is 33.8. The Balaban J connectivity index is 1.52. The second-order valence-electron chi connectivity index (χ2n) is 9.39. The second-order valence-corrected chi connectivity index (χ2v) is 9.39. The minimum atomic E-state index is -0.925. The zero-order valence-corrected chi connectivity index (χ0v) is 19.4. The van der Waals surface area contributed by atoms with Crippen molar-refractivity contribution in [3.05, 3.63) is 102 Å². The third-order valence-corrected chi connectivity index (χ3v) is 7.15. The molecule has 4 rings (SSSR count). The first-order valence-corrected chi connectivity index (χ1v) is 11.7. The molecule has 1 amide bonds. The lowest BCUT2D eigenvalue weighted by Crippen LogP contribution is -2.51. The first kappa shape index (κ1) is 23.9. The highest BCUT2D eigenvalue weighted by molar-refractivity contribution is 5.91. The lowest BCUT2D eigenvalue weighted by Gasteiger charge is -2.38. The van der Waals surface area contributed by atoms with E-state index in [4.69, 9.17) is 10.5 Å². The van der Waals surface area contributed by atoms with Crippen LogP contribution in [0.25, 0.3) is 0 Å². The molecule has 34 heavy (non-hydrogen) atoms. The predicted molar refractivity (Wildman–Crippen MR) is 128 cm³/mol. The Morgan fingerprint density at radius 3 is 2.06 bits per heavy atom. The lowest BCUT2D eigenvalue weighted by atomic mass is 9.64. The molecule has 0 aliphatic carbocycles. The molecule has 2 unspecified atom stereocenters. The van der Waals surface area contributed by atoms with Gasteiger partial charge in [0.1, 0.15) is 5.41 Å². The monoisotopic (exact) mass is 465 g/mol. The highest BCUT2D eigenvalue weighted by Gasteiger charge is 2.53. The molecule has 1 aliphatic rings. The van der Waals surface area contributed by atoms with Crippen molar-refractivity contribution in [2.75, 3.05) is 33.3 Å². The Kier molecular flexibility index (Phi) is 6.98. The smallest absolute Gasteiger partial charge is 0.233 e. The van der Waals surface area contributed by atoms with Crippen molar-refractivity contribution >= 4 is 5.91 Å². The Morgan fingerprint density at radius 1 is 0.971 bits per heavy atom. The lowest BCUT2D eigenvalue weighted by molar-refractivity contribution is -0.899. The number of nitrogens with two attached hydrogens (primary N) is 1. The van der Waals surface area contributed by atoms with Crippen molar-refractivity contribution < 1.29 is 22.8 Å². The largest absolute Gasteiger partial charge is 0.487 e. The summed E-state index contributed by atoms with van der Waals surface area (Å²) in [7, 11) is 2.16. The molecule has 4 nitrogen and oxygen atoms in total. The van der Waals surface area contributed by atoms with Crippen LogP contribution in [0.5, 0.6) is 5.75 Å². The van der Waals surface area contributed by atoms with Crippen LogP contribution < -0.4 is 10.5 Å². The molecule has 1 aliphatic heterocycles. The van der Waals surface area contributed by atoms with Gasteiger partial charge in [-0.2, -0.15) is 0 Å². The molecule has 3 aromatic rings. The van der Waals surface area contributed by atoms with Gasteiger partial charge in [-0.05, 0) is 23.3 Å². The van der Waals surface area contributed by atoms with Crippen molar-refractivity contribution in [1.82, 2.24) is 0 Å². The maximum Gasteiger partial charge on any atom is 0.233 e. The third-order valence-electron chi connectivity index (χ3n) is 7.15. The number of nitrogens with zero attached hydrogens (tertiary/aromatic N) is 1. The van der Waals surface area contributed by atoms with Crippen LogP contribution in [0.4, 0.5) is 8.78 Å². The van der Waals surface area contributed by atoms with Crippen molar-refractivity contribution in [3.8, 4) is 5.75 Å². The summed E-state index contributed by atoms with van der Waals surface area (Å²) in [4.78, 5) is 13.2. The SMILES string of the molecule is C[N+]1(CCCOc2c(F)cccc2F)CCC(C(C(N)=O)(c2ccccc2)c2ccccc2)C1. The number of quaternary nitrogens is 1. The number of ether oxygens (including phenoxy) is 1. The molecular weight excluding hydrogens is 434 g/mol. The Morgan fingerprint density at radius 2 is 1.53 bits per heavy atom. The summed E-state index contributed by atoms with van der Waals surface area (Å²) in [6.45, 7) is 2.63. The van der Waals surface area contributed by atoms with Gasteiger partial charge in [-0.15, -0.1) is 0 Å². The van der Waals surface area contributed by atoms with Gasteiger partial charge in [0, 0.05) is 18.8 Å². The van der Waals surface area contributed by atoms with Crippen LogP contribution in [-0.4, -0.2) is 43.7 Å². The van der Waals surface area contributed by atoms with E-state index in [1.165, 1.54) is 18.2 Å². The van der Waals surface area contributed by atoms with Crippen LogP contribution in [0, 0.1) is 17.6 Å². The number of primary amides is 1. The van der Waals surface area contributed by atoms with E-state index in [2.05, 4.69) is 7.05 Å². The molecule has 0 saturated carbocycles. The van der Waals surface area contributed by atoms with Gasteiger partial charge in [0.05, 0.1) is 33.3 Å². The van der Waals surface area contributed by atoms with E-state index in [1.54, 1.807) is 0 Å². The number of rotatable bonds is 9. The predicted octanol–water partition coefficient (Wildman–Crippen LogP) is 4.67. The zero-order chi connectivity index (χ0) is 24.2. The van der Waals surface area contributed by atoms with Gasteiger partial charge in [-0.1, -0.05) is 66.7 Å². The molecule has 0 radical (unpaired) electrons. The van der Waals surface area contributed by atoms with E-state index >= 15 is 0 Å². The summed E-state index contributed by atoms with van der Waals surface area (Å²) in [5.41, 5.74) is 7.07. The summed E-state index contributed by atoms with van der Waals surface area (Å²) in [5.74, 6) is -2.05. The highest BCUT2D eigenvalue weighted by atomic mass is 19.1. The molecular formula is C28H31F2N2O2+. The van der Waals surface area contributed by atoms with Gasteiger partial charge >= 0.3 is 0 Å². The van der Waals surface area contributed by atoms with Gasteiger partial charge in [0.2, 0.25) is 5.91 Å². The van der Waals surface area contributed by atoms with Gasteiger partial charge in [-0.3, -0.25) is 4.79 Å². The van der Waals surface area contributed by atoms with E-state index in [0.717, 1.165) is 41.7 Å². The average molecular weight is 466 g/mol. The van der Waals surface area contributed by atoms with E-state index in [-0.39, 0.29) is 24.2 Å². The maximum absolute atomic E-state index is 13.8. The van der Waals surface area contributed by atoms with Crippen molar-refractivity contribution in [1.29, 1.82) is 0 Å². The topological polar surface area (TPSA) is 52.3 Å². The summed E-state index contributed by atoms with van der Waals surface area (Å²) >= 11 is 0. The minimum Gasteiger partial charge on any atom is -0.487 e.